The number of primary amides is 1. The number of aromatic hydroxyl groups is 1. The van der Waals surface area contributed by atoms with Crippen LogP contribution >= 0.6 is 0 Å². The lowest BCUT2D eigenvalue weighted by Gasteiger charge is -2.50. The fourth-order valence-corrected chi connectivity index (χ4v) is 6.13. The number of benzene rings is 1. The van der Waals surface area contributed by atoms with E-state index in [4.69, 9.17) is 5.73 Å². The zero-order chi connectivity index (χ0) is 31.3. The number of Topliss-reactive ketones (excluding diaryl/α,β-unsaturated/α-hetero) is 2. The molecule has 0 saturated carbocycles. The fraction of sp³-hybridized carbons (Fsp3) is 0.357. The number of phenols is 1. The number of amides is 3. The van der Waals surface area contributed by atoms with E-state index in [-0.39, 0.29) is 36.2 Å². The summed E-state index contributed by atoms with van der Waals surface area (Å²) in [4.78, 5) is 68.5. The molecule has 0 fully saturated rings. The van der Waals surface area contributed by atoms with Crippen molar-refractivity contribution in [1.29, 1.82) is 0 Å². The summed E-state index contributed by atoms with van der Waals surface area (Å²) in [6.07, 6.45) is 0.933. The minimum atomic E-state index is -2.74. The normalized spacial score (nSPS) is 25.5. The number of aliphatic hydroxyl groups is 3. The van der Waals surface area contributed by atoms with Crippen molar-refractivity contribution in [2.45, 2.75) is 31.0 Å². The van der Waals surface area contributed by atoms with Gasteiger partial charge in [-0.15, -0.1) is 0 Å². The molecule has 0 aliphatic heterocycles. The van der Waals surface area contributed by atoms with Crippen molar-refractivity contribution in [1.82, 2.24) is 15.5 Å². The van der Waals surface area contributed by atoms with Crippen LogP contribution in [0.2, 0.25) is 0 Å². The predicted molar refractivity (Wildman–Crippen MR) is 147 cm³/mol. The summed E-state index contributed by atoms with van der Waals surface area (Å²) in [5.74, 6) is -8.77. The molecule has 0 aromatic heterocycles. The number of aliphatic hydroxyl groups excluding tert-OH is 2. The number of nitrogens with zero attached hydrogens (tertiary/aromatic N) is 2. The Kier molecular flexibility index (Phi) is 7.80. The van der Waals surface area contributed by atoms with Crippen LogP contribution in [-0.2, 0) is 32.1 Å². The largest absolute Gasteiger partial charge is 0.510 e. The Hall–Kier alpha value is -4.82. The van der Waals surface area contributed by atoms with E-state index in [1.54, 1.807) is 0 Å². The molecule has 14 nitrogen and oxygen atoms in total. The number of ketones is 2. The molecular formula is C28H31N5O9. The Morgan fingerprint density at radius 2 is 1.88 bits per heavy atom. The van der Waals surface area contributed by atoms with Gasteiger partial charge in [-0.05, 0) is 56.8 Å². The topological polar surface area (TPSA) is 232 Å². The van der Waals surface area contributed by atoms with Gasteiger partial charge in [-0.2, -0.15) is 0 Å². The Bertz CT molecular complexity index is 1540. The molecule has 3 amide bonds. The lowest BCUT2D eigenvalue weighted by atomic mass is 9.58. The number of aliphatic imine (C=N–C) groups is 1. The van der Waals surface area contributed by atoms with E-state index in [0.29, 0.717) is 11.1 Å². The highest BCUT2D eigenvalue weighted by molar-refractivity contribution is 6.24. The van der Waals surface area contributed by atoms with Gasteiger partial charge >= 0.3 is 0 Å². The van der Waals surface area contributed by atoms with Gasteiger partial charge in [0.1, 0.15) is 28.5 Å². The lowest BCUT2D eigenvalue weighted by Crippen LogP contribution is -2.63. The van der Waals surface area contributed by atoms with E-state index in [0.717, 1.165) is 6.08 Å². The van der Waals surface area contributed by atoms with Crippen LogP contribution in [0.25, 0.3) is 0 Å². The zero-order valence-corrected chi connectivity index (χ0v) is 23.1. The molecule has 3 aliphatic rings. The second-order valence-electron chi connectivity index (χ2n) is 10.5. The van der Waals surface area contributed by atoms with E-state index in [1.807, 2.05) is 0 Å². The summed E-state index contributed by atoms with van der Waals surface area (Å²) >= 11 is 0. The summed E-state index contributed by atoms with van der Waals surface area (Å²) in [5, 5.41) is 49.4. The van der Waals surface area contributed by atoms with Gasteiger partial charge in [0.25, 0.3) is 11.8 Å². The number of nitrogens with one attached hydrogen (secondary N) is 2. The molecule has 0 radical (unpaired) electrons. The SMILES string of the molecule is C=N/C(=C\C(=O)NC)C(=O)NCc1ccc(O)c2c1C[C@H]1C[C@H]3C(N(C)C)C(O)=C(C(N)=O)C(=O)[C@@]3(O)C(O)=C1C2=O. The van der Waals surface area contributed by atoms with E-state index in [1.165, 1.54) is 38.2 Å². The maximum Gasteiger partial charge on any atom is 0.270 e. The number of allylic oxidation sites excluding steroid dienone is 1. The van der Waals surface area contributed by atoms with Crippen LogP contribution in [0.4, 0.5) is 0 Å². The number of hydrogen-bond acceptors (Lipinski definition) is 11. The number of fused-ring (bicyclic) bond motifs is 3. The first kappa shape index (κ1) is 30.1. The van der Waals surface area contributed by atoms with Crippen LogP contribution < -0.4 is 16.4 Å². The number of nitrogens with two attached hydrogens (primary N) is 1. The van der Waals surface area contributed by atoms with Crippen LogP contribution in [0.15, 0.2) is 51.6 Å². The minimum Gasteiger partial charge on any atom is -0.510 e. The first-order chi connectivity index (χ1) is 19.7. The van der Waals surface area contributed by atoms with Gasteiger partial charge in [0.05, 0.1) is 11.6 Å². The number of likely N-dealkylation sites (N-methyl/N-ethyl adjacent to an activating group) is 2. The lowest BCUT2D eigenvalue weighted by molar-refractivity contribution is -0.148. The number of phenolic OH excluding ortho intramolecular Hbond substituents is 1. The Morgan fingerprint density at radius 1 is 1.21 bits per heavy atom. The number of carbonyl (C=O) groups excluding carboxylic acids is 5. The van der Waals surface area contributed by atoms with Gasteiger partial charge in [0.15, 0.2) is 11.4 Å². The summed E-state index contributed by atoms with van der Waals surface area (Å²) in [5.41, 5.74) is 1.78. The molecule has 0 spiro atoms. The Morgan fingerprint density at radius 3 is 2.45 bits per heavy atom. The summed E-state index contributed by atoms with van der Waals surface area (Å²) in [6, 6.07) is 1.61. The maximum absolute atomic E-state index is 13.8. The number of carbonyl (C=O) groups is 5. The molecule has 0 heterocycles. The fourth-order valence-electron chi connectivity index (χ4n) is 6.13. The molecule has 222 valence electrons. The molecule has 4 rings (SSSR count). The molecule has 0 bridgehead atoms. The maximum atomic E-state index is 13.8. The van der Waals surface area contributed by atoms with Gasteiger partial charge in [0.2, 0.25) is 11.7 Å². The van der Waals surface area contributed by atoms with Gasteiger partial charge in [-0.1, -0.05) is 6.07 Å². The van der Waals surface area contributed by atoms with Crippen LogP contribution in [0.1, 0.15) is 27.9 Å². The van der Waals surface area contributed by atoms with Crippen LogP contribution in [0, 0.1) is 11.8 Å². The number of rotatable bonds is 7. The van der Waals surface area contributed by atoms with E-state index >= 15 is 0 Å². The van der Waals surface area contributed by atoms with Crippen molar-refractivity contribution >= 4 is 36.0 Å². The van der Waals surface area contributed by atoms with Crippen LogP contribution in [0.5, 0.6) is 5.75 Å². The first-order valence-corrected chi connectivity index (χ1v) is 12.9. The molecule has 4 atom stereocenters. The van der Waals surface area contributed by atoms with Crippen molar-refractivity contribution < 1.29 is 44.4 Å². The third-order valence-electron chi connectivity index (χ3n) is 8.06. The Balaban J connectivity index is 1.78. The monoisotopic (exact) mass is 581 g/mol. The molecule has 0 saturated heterocycles. The van der Waals surface area contributed by atoms with E-state index < -0.39 is 75.6 Å². The van der Waals surface area contributed by atoms with Crippen molar-refractivity contribution in [3.05, 3.63) is 63.3 Å². The highest BCUT2D eigenvalue weighted by atomic mass is 16.3. The van der Waals surface area contributed by atoms with Gasteiger partial charge in [0, 0.05) is 31.2 Å². The molecule has 1 unspecified atom stereocenters. The zero-order valence-electron chi connectivity index (χ0n) is 23.1. The van der Waals surface area contributed by atoms with Crippen LogP contribution in [0.3, 0.4) is 0 Å². The number of hydrogen-bond donors (Lipinski definition) is 7. The third kappa shape index (κ3) is 4.54. The third-order valence-corrected chi connectivity index (χ3v) is 8.06. The highest BCUT2D eigenvalue weighted by Crippen LogP contribution is 2.52. The quantitative estimate of drug-likeness (QED) is 0.119. The summed E-state index contributed by atoms with van der Waals surface area (Å²) in [7, 11) is 4.45. The van der Waals surface area contributed by atoms with Gasteiger partial charge in [-0.3, -0.25) is 33.9 Å². The van der Waals surface area contributed by atoms with Crippen molar-refractivity contribution in [2.75, 3.05) is 21.1 Å². The minimum absolute atomic E-state index is 0.0504. The average Bonchev–Trinajstić information content (AvgIpc) is 2.92. The predicted octanol–water partition coefficient (Wildman–Crippen LogP) is -0.933. The second kappa shape index (κ2) is 10.9. The molecular weight excluding hydrogens is 550 g/mol. The average molecular weight is 582 g/mol. The van der Waals surface area contributed by atoms with Crippen molar-refractivity contribution in [3.63, 3.8) is 0 Å². The van der Waals surface area contributed by atoms with Crippen LogP contribution in [-0.4, -0.2) is 94.1 Å². The molecule has 14 heteroatoms. The van der Waals surface area contributed by atoms with E-state index in [9.17, 15) is 44.4 Å². The van der Waals surface area contributed by atoms with Gasteiger partial charge in [-0.25, -0.2) is 0 Å². The smallest absolute Gasteiger partial charge is 0.270 e. The van der Waals surface area contributed by atoms with Crippen molar-refractivity contribution in [3.8, 4) is 5.75 Å². The Labute approximate surface area is 239 Å². The molecule has 1 aromatic rings. The summed E-state index contributed by atoms with van der Waals surface area (Å²) < 4.78 is 0. The standard InChI is InChI=1S/C28H31N5O9/c1-30-15(9-17(35)31-2)27(41)32-10-11-5-6-16(34)19-13(11)7-12-8-14-21(33(3)4)23(37)20(26(29)40)25(39)28(14,42)24(38)18(12)22(19)36/h5-6,9,12,14,21,34,37-38,42H,1,7-8,10H2,2-4H3,(H2,29,40)(H,31,35)(H,32,41)/b15-9-/t12-,14-,21?,28-/m0/s1. The highest BCUT2D eigenvalue weighted by Gasteiger charge is 2.63. The molecule has 42 heavy (non-hydrogen) atoms. The summed E-state index contributed by atoms with van der Waals surface area (Å²) in [6.45, 7) is 3.16. The first-order valence-electron chi connectivity index (χ1n) is 12.9. The molecule has 3 aliphatic carbocycles. The molecule has 8 N–H and O–H groups in total. The van der Waals surface area contributed by atoms with Crippen molar-refractivity contribution in [2.24, 2.45) is 22.6 Å². The molecule has 1 aromatic carbocycles. The van der Waals surface area contributed by atoms with E-state index in [2.05, 4.69) is 22.3 Å². The second-order valence-corrected chi connectivity index (χ2v) is 10.5. The van der Waals surface area contributed by atoms with Gasteiger partial charge < -0.3 is 36.8 Å².